The lowest BCUT2D eigenvalue weighted by Crippen LogP contribution is -2.43. The summed E-state index contributed by atoms with van der Waals surface area (Å²) in [6.45, 7) is 2.78. The van der Waals surface area contributed by atoms with Gasteiger partial charge < -0.3 is 9.80 Å². The molecule has 1 amide bonds. The predicted octanol–water partition coefficient (Wildman–Crippen LogP) is 5.11. The number of likely N-dealkylation sites (tertiary alicyclic amines) is 1. The highest BCUT2D eigenvalue weighted by Gasteiger charge is 2.28. The van der Waals surface area contributed by atoms with Gasteiger partial charge in [-0.25, -0.2) is 0 Å². The first-order chi connectivity index (χ1) is 18.5. The van der Waals surface area contributed by atoms with Gasteiger partial charge in [-0.05, 0) is 75.4 Å². The molecule has 0 unspecified atom stereocenters. The average Bonchev–Trinajstić information content (AvgIpc) is 2.97. The minimum Gasteiger partial charge on any atom is -0.307 e. The maximum atomic E-state index is 13.8. The van der Waals surface area contributed by atoms with Crippen molar-refractivity contribution >= 4 is 23.1 Å². The summed E-state index contributed by atoms with van der Waals surface area (Å²) in [4.78, 5) is 46.0. The van der Waals surface area contributed by atoms with Crippen molar-refractivity contribution in [3.63, 3.8) is 0 Å². The van der Waals surface area contributed by atoms with E-state index < -0.39 is 4.92 Å². The molecule has 5 rings (SSSR count). The normalized spacial score (nSPS) is 16.0. The monoisotopic (exact) mass is 512 g/mol. The number of pyridine rings is 1. The summed E-state index contributed by atoms with van der Waals surface area (Å²) in [5.74, 6) is 0.0652. The number of hydrogen-bond acceptors (Lipinski definition) is 6. The van der Waals surface area contributed by atoms with Crippen molar-refractivity contribution in [3.05, 3.63) is 99.4 Å². The molecule has 0 bridgehead atoms. The van der Waals surface area contributed by atoms with Crippen LogP contribution in [-0.2, 0) is 12.8 Å². The van der Waals surface area contributed by atoms with Crippen LogP contribution in [0.3, 0.4) is 0 Å². The first-order valence-electron chi connectivity index (χ1n) is 13.4. The van der Waals surface area contributed by atoms with Crippen LogP contribution in [0.1, 0.15) is 57.7 Å². The van der Waals surface area contributed by atoms with Crippen molar-refractivity contribution in [3.8, 4) is 0 Å². The zero-order chi connectivity index (χ0) is 26.5. The predicted molar refractivity (Wildman–Crippen MR) is 146 cm³/mol. The number of carbonyl (C=O) groups excluding carboxylic acids is 2. The minimum atomic E-state index is -0.461. The maximum absolute atomic E-state index is 13.8. The number of hydrogen-bond donors (Lipinski definition) is 0. The van der Waals surface area contributed by atoms with Crippen LogP contribution < -0.4 is 4.90 Å². The molecule has 1 aromatic heterocycles. The topological polar surface area (TPSA) is 96.7 Å². The number of aryl methyl sites for hydroxylation is 1. The molecule has 2 aliphatic rings. The van der Waals surface area contributed by atoms with E-state index in [0.717, 1.165) is 74.1 Å². The summed E-state index contributed by atoms with van der Waals surface area (Å²) in [5.41, 5.74) is 4.21. The van der Waals surface area contributed by atoms with E-state index in [-0.39, 0.29) is 23.3 Å². The number of non-ortho nitro benzene ring substituents is 1. The van der Waals surface area contributed by atoms with Crippen molar-refractivity contribution in [2.45, 2.75) is 38.5 Å². The molecule has 3 aromatic rings. The molecule has 196 valence electrons. The highest BCUT2D eigenvalue weighted by atomic mass is 16.6. The van der Waals surface area contributed by atoms with Gasteiger partial charge in [0.2, 0.25) is 0 Å². The number of benzene rings is 2. The first-order valence-corrected chi connectivity index (χ1v) is 13.4. The van der Waals surface area contributed by atoms with E-state index in [1.54, 1.807) is 6.20 Å². The number of nitro benzene ring substituents is 1. The molecule has 38 heavy (non-hydrogen) atoms. The molecule has 8 nitrogen and oxygen atoms in total. The molecule has 1 aliphatic carbocycles. The molecule has 0 radical (unpaired) electrons. The second kappa shape index (κ2) is 11.6. The molecule has 1 aliphatic heterocycles. The SMILES string of the molecule is O=C(c1ccccc1)C1CCN(CCN(C(=O)c2ccc([N+](=O)[O-])cc2)c2ccnc3c2CCCC3)CC1. The van der Waals surface area contributed by atoms with Gasteiger partial charge in [-0.2, -0.15) is 0 Å². The molecule has 1 saturated heterocycles. The number of Topliss-reactive ketones (excluding diaryl/α,β-unsaturated/α-hetero) is 1. The standard InChI is InChI=1S/C30H32N4O4/c35-29(22-6-2-1-3-7-22)23-15-18-32(19-16-23)20-21-33(28-14-17-31-27-9-5-4-8-26(27)28)30(36)24-10-12-25(13-11-24)34(37)38/h1-3,6-7,10-14,17,23H,4-5,8-9,15-16,18-21H2. The van der Waals surface area contributed by atoms with Crippen LogP contribution in [0, 0.1) is 16.0 Å². The van der Waals surface area contributed by atoms with Gasteiger partial charge in [0.25, 0.3) is 11.6 Å². The second-order valence-electron chi connectivity index (χ2n) is 10.1. The summed E-state index contributed by atoms with van der Waals surface area (Å²) in [7, 11) is 0. The molecule has 0 atom stereocenters. The fourth-order valence-electron chi connectivity index (χ4n) is 5.57. The molecular weight excluding hydrogens is 480 g/mol. The van der Waals surface area contributed by atoms with E-state index in [1.165, 1.54) is 24.3 Å². The van der Waals surface area contributed by atoms with Crippen LogP contribution in [0.15, 0.2) is 66.9 Å². The van der Waals surface area contributed by atoms with E-state index >= 15 is 0 Å². The van der Waals surface area contributed by atoms with E-state index in [4.69, 9.17) is 0 Å². The number of rotatable bonds is 8. The lowest BCUT2D eigenvalue weighted by Gasteiger charge is -2.34. The third-order valence-corrected chi connectivity index (χ3v) is 7.73. The first kappa shape index (κ1) is 25.7. The van der Waals surface area contributed by atoms with E-state index in [2.05, 4.69) is 9.88 Å². The fourth-order valence-corrected chi connectivity index (χ4v) is 5.57. The smallest absolute Gasteiger partial charge is 0.269 e. The van der Waals surface area contributed by atoms with Gasteiger partial charge in [0.05, 0.1) is 10.6 Å². The number of fused-ring (bicyclic) bond motifs is 1. The molecule has 8 heteroatoms. The second-order valence-corrected chi connectivity index (χ2v) is 10.1. The number of aromatic nitrogens is 1. The van der Waals surface area contributed by atoms with E-state index in [9.17, 15) is 19.7 Å². The summed E-state index contributed by atoms with van der Waals surface area (Å²) < 4.78 is 0. The van der Waals surface area contributed by atoms with Crippen LogP contribution in [-0.4, -0.2) is 52.7 Å². The molecule has 2 aromatic carbocycles. The lowest BCUT2D eigenvalue weighted by molar-refractivity contribution is -0.384. The summed E-state index contributed by atoms with van der Waals surface area (Å²) in [6, 6.07) is 17.2. The highest BCUT2D eigenvalue weighted by molar-refractivity contribution is 6.06. The number of piperidine rings is 1. The Bertz CT molecular complexity index is 1300. The Labute approximate surface area is 222 Å². The number of ketones is 1. The average molecular weight is 513 g/mol. The Hall–Kier alpha value is -3.91. The lowest BCUT2D eigenvalue weighted by atomic mass is 9.89. The number of nitrogens with zero attached hydrogens (tertiary/aromatic N) is 4. The minimum absolute atomic E-state index is 0.0266. The van der Waals surface area contributed by atoms with E-state index in [1.807, 2.05) is 41.3 Å². The van der Waals surface area contributed by atoms with Crippen LogP contribution >= 0.6 is 0 Å². The van der Waals surface area contributed by atoms with Crippen LogP contribution in [0.2, 0.25) is 0 Å². The van der Waals surface area contributed by atoms with Crippen LogP contribution in [0.5, 0.6) is 0 Å². The Morgan fingerprint density at radius 1 is 0.947 bits per heavy atom. The largest absolute Gasteiger partial charge is 0.307 e. The van der Waals surface area contributed by atoms with Crippen molar-refractivity contribution in [2.24, 2.45) is 5.92 Å². The van der Waals surface area contributed by atoms with Crippen molar-refractivity contribution in [1.82, 2.24) is 9.88 Å². The van der Waals surface area contributed by atoms with Gasteiger partial charge in [-0.15, -0.1) is 0 Å². The number of nitro groups is 1. The highest BCUT2D eigenvalue weighted by Crippen LogP contribution is 2.30. The molecular formula is C30H32N4O4. The number of anilines is 1. The van der Waals surface area contributed by atoms with Gasteiger partial charge >= 0.3 is 0 Å². The van der Waals surface area contributed by atoms with Gasteiger partial charge in [0.15, 0.2) is 5.78 Å². The maximum Gasteiger partial charge on any atom is 0.269 e. The zero-order valence-electron chi connectivity index (χ0n) is 21.4. The number of carbonyl (C=O) groups is 2. The molecule has 1 fully saturated rings. The Morgan fingerprint density at radius 3 is 2.37 bits per heavy atom. The summed E-state index contributed by atoms with van der Waals surface area (Å²) in [6.07, 6.45) is 7.32. The summed E-state index contributed by atoms with van der Waals surface area (Å²) in [5, 5.41) is 11.1. The van der Waals surface area contributed by atoms with Gasteiger partial charge in [-0.3, -0.25) is 24.7 Å². The Kier molecular flexibility index (Phi) is 7.89. The molecule has 0 saturated carbocycles. The molecule has 0 spiro atoms. The Balaban J connectivity index is 1.31. The van der Waals surface area contributed by atoms with Gasteiger partial charge in [-0.1, -0.05) is 30.3 Å². The number of amides is 1. The van der Waals surface area contributed by atoms with Crippen molar-refractivity contribution < 1.29 is 14.5 Å². The van der Waals surface area contributed by atoms with Gasteiger partial charge in [0.1, 0.15) is 0 Å². The van der Waals surface area contributed by atoms with Crippen LogP contribution in [0.25, 0.3) is 0 Å². The zero-order valence-corrected chi connectivity index (χ0v) is 21.4. The summed E-state index contributed by atoms with van der Waals surface area (Å²) >= 11 is 0. The van der Waals surface area contributed by atoms with Crippen molar-refractivity contribution in [1.29, 1.82) is 0 Å². The van der Waals surface area contributed by atoms with E-state index in [0.29, 0.717) is 18.7 Å². The third-order valence-electron chi connectivity index (χ3n) is 7.73. The Morgan fingerprint density at radius 2 is 1.66 bits per heavy atom. The third kappa shape index (κ3) is 5.65. The van der Waals surface area contributed by atoms with Gasteiger partial charge in [0, 0.05) is 54.2 Å². The van der Waals surface area contributed by atoms with Crippen molar-refractivity contribution in [2.75, 3.05) is 31.1 Å². The molecule has 0 N–H and O–H groups in total. The fraction of sp³-hybridized carbons (Fsp3) is 0.367. The quantitative estimate of drug-likeness (QED) is 0.236. The van der Waals surface area contributed by atoms with Crippen LogP contribution in [0.4, 0.5) is 11.4 Å². The molecule has 2 heterocycles.